The average molecular weight is 168 g/mol. The molecule has 1 rings (SSSR count). The van der Waals surface area contributed by atoms with Gasteiger partial charge < -0.3 is 10.2 Å². The summed E-state index contributed by atoms with van der Waals surface area (Å²) in [5, 5.41) is 2.19. The lowest BCUT2D eigenvalue weighted by molar-refractivity contribution is 0.101. The molecule has 0 unspecified atom stereocenters. The lowest BCUT2D eigenvalue weighted by Crippen LogP contribution is -2.20. The number of nitrogens with one attached hydrogen (secondary N) is 1. The van der Waals surface area contributed by atoms with E-state index in [1.54, 1.807) is 0 Å². The van der Waals surface area contributed by atoms with Gasteiger partial charge in [0, 0.05) is 0 Å². The van der Waals surface area contributed by atoms with Crippen LogP contribution < -0.4 is 11.1 Å². The number of carbonyl (C=O) groups excluding carboxylic acids is 2. The standard InChI is InChI=1S/C7H8N2O3/c1-4(10)5-2-3-12-6(5)9-7(8)11/h2-3H,1H3,(H3,8,9,11). The number of amides is 2. The van der Waals surface area contributed by atoms with Gasteiger partial charge in [-0.25, -0.2) is 4.79 Å². The number of nitrogens with two attached hydrogens (primary N) is 1. The quantitative estimate of drug-likeness (QED) is 0.645. The van der Waals surface area contributed by atoms with Crippen LogP contribution in [-0.2, 0) is 0 Å². The minimum Gasteiger partial charge on any atom is -0.448 e. The normalized spacial score (nSPS) is 9.42. The summed E-state index contributed by atoms with van der Waals surface area (Å²) in [6.07, 6.45) is 1.31. The number of carbonyl (C=O) groups is 2. The summed E-state index contributed by atoms with van der Waals surface area (Å²) >= 11 is 0. The number of rotatable bonds is 2. The van der Waals surface area contributed by atoms with Crippen LogP contribution in [0.1, 0.15) is 17.3 Å². The van der Waals surface area contributed by atoms with Crippen molar-refractivity contribution in [1.29, 1.82) is 0 Å². The van der Waals surface area contributed by atoms with Crippen LogP contribution in [-0.4, -0.2) is 11.8 Å². The topological polar surface area (TPSA) is 85.3 Å². The van der Waals surface area contributed by atoms with Crippen LogP contribution in [0.15, 0.2) is 16.7 Å². The number of Topliss-reactive ketones (excluding diaryl/α,β-unsaturated/α-hetero) is 1. The largest absolute Gasteiger partial charge is 0.448 e. The lowest BCUT2D eigenvalue weighted by Gasteiger charge is -1.97. The molecule has 0 radical (unpaired) electrons. The van der Waals surface area contributed by atoms with Crippen LogP contribution >= 0.6 is 0 Å². The second-order valence-corrected chi connectivity index (χ2v) is 2.21. The Morgan fingerprint density at radius 3 is 2.75 bits per heavy atom. The first-order valence-electron chi connectivity index (χ1n) is 3.26. The molecule has 1 aromatic rings. The van der Waals surface area contributed by atoms with Crippen molar-refractivity contribution in [2.45, 2.75) is 6.92 Å². The summed E-state index contributed by atoms with van der Waals surface area (Å²) in [5.41, 5.74) is 5.15. The molecular weight excluding hydrogens is 160 g/mol. The molecular formula is C7H8N2O3. The zero-order valence-corrected chi connectivity index (χ0v) is 6.46. The zero-order valence-electron chi connectivity index (χ0n) is 6.46. The average Bonchev–Trinajstić information content (AvgIpc) is 2.33. The van der Waals surface area contributed by atoms with Gasteiger partial charge in [-0.15, -0.1) is 0 Å². The molecule has 0 spiro atoms. The second kappa shape index (κ2) is 3.08. The van der Waals surface area contributed by atoms with E-state index >= 15 is 0 Å². The summed E-state index contributed by atoms with van der Waals surface area (Å²) < 4.78 is 4.80. The van der Waals surface area contributed by atoms with Gasteiger partial charge in [0.25, 0.3) is 0 Å². The summed E-state index contributed by atoms with van der Waals surface area (Å²) in [6, 6.07) is 0.709. The van der Waals surface area contributed by atoms with Gasteiger partial charge in [-0.1, -0.05) is 0 Å². The number of hydrogen-bond donors (Lipinski definition) is 2. The van der Waals surface area contributed by atoms with Crippen molar-refractivity contribution in [2.75, 3.05) is 5.32 Å². The molecule has 12 heavy (non-hydrogen) atoms. The van der Waals surface area contributed by atoms with Crippen LogP contribution in [0.3, 0.4) is 0 Å². The van der Waals surface area contributed by atoms with Crippen LogP contribution in [0.4, 0.5) is 10.7 Å². The smallest absolute Gasteiger partial charge is 0.318 e. The number of primary amides is 1. The molecule has 5 heteroatoms. The van der Waals surface area contributed by atoms with Gasteiger partial charge in [-0.2, -0.15) is 0 Å². The third-order valence-corrected chi connectivity index (χ3v) is 1.28. The Kier molecular flexibility index (Phi) is 2.14. The van der Waals surface area contributed by atoms with Gasteiger partial charge in [-0.3, -0.25) is 10.1 Å². The number of ketones is 1. The van der Waals surface area contributed by atoms with E-state index in [0.717, 1.165) is 0 Å². The predicted octanol–water partition coefficient (Wildman–Crippen LogP) is 0.973. The van der Waals surface area contributed by atoms with Gasteiger partial charge in [-0.05, 0) is 13.0 Å². The molecule has 0 saturated heterocycles. The predicted molar refractivity (Wildman–Crippen MR) is 41.9 cm³/mol. The Bertz CT molecular complexity index is 316. The third kappa shape index (κ3) is 1.63. The molecule has 64 valence electrons. The van der Waals surface area contributed by atoms with Crippen molar-refractivity contribution in [3.8, 4) is 0 Å². The molecule has 0 bridgehead atoms. The highest BCUT2D eigenvalue weighted by Crippen LogP contribution is 2.16. The highest BCUT2D eigenvalue weighted by molar-refractivity contribution is 6.01. The van der Waals surface area contributed by atoms with E-state index in [-0.39, 0.29) is 11.7 Å². The van der Waals surface area contributed by atoms with Crippen molar-refractivity contribution in [3.05, 3.63) is 17.9 Å². The van der Waals surface area contributed by atoms with Gasteiger partial charge in [0.15, 0.2) is 5.78 Å². The van der Waals surface area contributed by atoms with Crippen LogP contribution in [0.2, 0.25) is 0 Å². The zero-order chi connectivity index (χ0) is 9.14. The van der Waals surface area contributed by atoms with Crippen molar-refractivity contribution in [1.82, 2.24) is 0 Å². The molecule has 1 aromatic heterocycles. The Labute approximate surface area is 68.5 Å². The van der Waals surface area contributed by atoms with Gasteiger partial charge in [0.1, 0.15) is 0 Å². The maximum absolute atomic E-state index is 10.9. The van der Waals surface area contributed by atoms with Gasteiger partial charge in [0.2, 0.25) is 5.88 Å². The Morgan fingerprint density at radius 1 is 1.58 bits per heavy atom. The van der Waals surface area contributed by atoms with E-state index < -0.39 is 6.03 Å². The van der Waals surface area contributed by atoms with Gasteiger partial charge >= 0.3 is 6.03 Å². The van der Waals surface area contributed by atoms with Crippen LogP contribution in [0.25, 0.3) is 0 Å². The lowest BCUT2D eigenvalue weighted by atomic mass is 10.2. The SMILES string of the molecule is CC(=O)c1ccoc1NC(N)=O. The molecule has 3 N–H and O–H groups in total. The highest BCUT2D eigenvalue weighted by Gasteiger charge is 2.11. The molecule has 0 aliphatic heterocycles. The van der Waals surface area contributed by atoms with Crippen molar-refractivity contribution < 1.29 is 14.0 Å². The minimum atomic E-state index is -0.757. The number of urea groups is 1. The van der Waals surface area contributed by atoms with Crippen molar-refractivity contribution >= 4 is 17.7 Å². The van der Waals surface area contributed by atoms with Crippen molar-refractivity contribution in [2.24, 2.45) is 5.73 Å². The van der Waals surface area contributed by atoms with E-state index in [2.05, 4.69) is 5.32 Å². The number of hydrogen-bond acceptors (Lipinski definition) is 3. The fraction of sp³-hybridized carbons (Fsp3) is 0.143. The third-order valence-electron chi connectivity index (χ3n) is 1.28. The van der Waals surface area contributed by atoms with E-state index in [1.165, 1.54) is 19.3 Å². The van der Waals surface area contributed by atoms with E-state index in [1.807, 2.05) is 0 Å². The summed E-state index contributed by atoms with van der Waals surface area (Å²) in [4.78, 5) is 21.2. The second-order valence-electron chi connectivity index (χ2n) is 2.21. The fourth-order valence-corrected chi connectivity index (χ4v) is 0.795. The van der Waals surface area contributed by atoms with Crippen LogP contribution in [0, 0.1) is 0 Å². The maximum Gasteiger partial charge on any atom is 0.318 e. The Hall–Kier alpha value is -1.78. The highest BCUT2D eigenvalue weighted by atomic mass is 16.3. The molecule has 0 aliphatic carbocycles. The molecule has 5 nitrogen and oxygen atoms in total. The summed E-state index contributed by atoms with van der Waals surface area (Å²) in [7, 11) is 0. The van der Waals surface area contributed by atoms with Crippen LogP contribution in [0.5, 0.6) is 0 Å². The first-order chi connectivity index (χ1) is 5.61. The first-order valence-corrected chi connectivity index (χ1v) is 3.26. The molecule has 0 aliphatic rings. The fourth-order valence-electron chi connectivity index (χ4n) is 0.795. The van der Waals surface area contributed by atoms with E-state index in [9.17, 15) is 9.59 Å². The molecule has 0 fully saturated rings. The number of anilines is 1. The Balaban J connectivity index is 2.91. The molecule has 0 atom stereocenters. The van der Waals surface area contributed by atoms with Gasteiger partial charge in [0.05, 0.1) is 11.8 Å². The Morgan fingerprint density at radius 2 is 2.25 bits per heavy atom. The minimum absolute atomic E-state index is 0.0926. The summed E-state index contributed by atoms with van der Waals surface area (Å²) in [6.45, 7) is 1.37. The monoisotopic (exact) mass is 168 g/mol. The molecule has 1 heterocycles. The first kappa shape index (κ1) is 8.32. The van der Waals surface area contributed by atoms with E-state index in [0.29, 0.717) is 5.56 Å². The molecule has 0 saturated carbocycles. The molecule has 0 aromatic carbocycles. The summed E-state index contributed by atoms with van der Waals surface area (Å²) in [5.74, 6) is -0.0949. The molecule has 2 amide bonds. The van der Waals surface area contributed by atoms with E-state index in [4.69, 9.17) is 10.2 Å². The maximum atomic E-state index is 10.9. The number of furan rings is 1. The van der Waals surface area contributed by atoms with Crippen molar-refractivity contribution in [3.63, 3.8) is 0 Å².